The molecule has 0 fully saturated rings. The molecule has 4 nitrogen and oxygen atoms in total. The molecule has 1 heterocycles. The molecule has 8 heteroatoms. The molecule has 0 aliphatic rings. The molecule has 0 amide bonds. The van der Waals surface area contributed by atoms with E-state index < -0.39 is 15.7 Å². The summed E-state index contributed by atoms with van der Waals surface area (Å²) < 4.78 is 35.6. The van der Waals surface area contributed by atoms with Gasteiger partial charge in [0.25, 0.3) is 0 Å². The van der Waals surface area contributed by atoms with Crippen molar-refractivity contribution in [3.8, 4) is 11.1 Å². The maximum absolute atomic E-state index is 13.2. The van der Waals surface area contributed by atoms with Crippen molar-refractivity contribution in [1.29, 1.82) is 0 Å². The molecule has 0 bridgehead atoms. The number of benzene rings is 1. The van der Waals surface area contributed by atoms with Crippen LogP contribution in [0.3, 0.4) is 0 Å². The van der Waals surface area contributed by atoms with Gasteiger partial charge in [-0.2, -0.15) is 0 Å². The molecular weight excluding hydrogens is 326 g/mol. The Morgan fingerprint density at radius 1 is 1.20 bits per heavy atom. The Balaban J connectivity index is 2.52. The van der Waals surface area contributed by atoms with Gasteiger partial charge < -0.3 is 0 Å². The zero-order valence-corrected chi connectivity index (χ0v) is 12.6. The second-order valence-electron chi connectivity index (χ2n) is 4.18. The van der Waals surface area contributed by atoms with Crippen LogP contribution in [0.2, 0.25) is 10.3 Å². The van der Waals surface area contributed by atoms with Crippen LogP contribution >= 0.6 is 23.2 Å². The van der Waals surface area contributed by atoms with Crippen LogP contribution in [0.1, 0.15) is 5.82 Å². The average Bonchev–Trinajstić information content (AvgIpc) is 2.25. The van der Waals surface area contributed by atoms with Gasteiger partial charge in [-0.25, -0.2) is 22.8 Å². The highest BCUT2D eigenvalue weighted by Crippen LogP contribution is 2.32. The Labute approximate surface area is 125 Å². The van der Waals surface area contributed by atoms with Crippen LogP contribution in [0.5, 0.6) is 0 Å². The molecule has 0 saturated carbocycles. The van der Waals surface area contributed by atoms with Crippen molar-refractivity contribution in [2.75, 3.05) is 6.26 Å². The number of rotatable bonds is 3. The van der Waals surface area contributed by atoms with Crippen LogP contribution < -0.4 is 0 Å². The van der Waals surface area contributed by atoms with Crippen LogP contribution in [0, 0.1) is 5.82 Å². The molecule has 1 aromatic carbocycles. The first kappa shape index (κ1) is 15.2. The van der Waals surface area contributed by atoms with Crippen molar-refractivity contribution in [2.24, 2.45) is 0 Å². The maximum Gasteiger partial charge on any atom is 0.154 e. The minimum Gasteiger partial charge on any atom is -0.229 e. The Morgan fingerprint density at radius 3 is 2.30 bits per heavy atom. The number of hydrogen-bond donors (Lipinski definition) is 0. The number of hydrogen-bond acceptors (Lipinski definition) is 4. The summed E-state index contributed by atoms with van der Waals surface area (Å²) in [6.07, 6.45) is 1.05. The molecule has 2 rings (SSSR count). The van der Waals surface area contributed by atoms with E-state index in [0.717, 1.165) is 6.26 Å². The Bertz CT molecular complexity index is 743. The topological polar surface area (TPSA) is 59.9 Å². The quantitative estimate of drug-likeness (QED) is 0.809. The Kier molecular flexibility index (Phi) is 4.27. The van der Waals surface area contributed by atoms with Crippen molar-refractivity contribution >= 4 is 33.0 Å². The lowest BCUT2D eigenvalue weighted by atomic mass is 10.1. The number of sulfone groups is 1. The van der Waals surface area contributed by atoms with E-state index in [9.17, 15) is 12.8 Å². The van der Waals surface area contributed by atoms with Crippen molar-refractivity contribution in [3.63, 3.8) is 0 Å². The second kappa shape index (κ2) is 5.63. The van der Waals surface area contributed by atoms with Crippen molar-refractivity contribution in [3.05, 3.63) is 46.2 Å². The van der Waals surface area contributed by atoms with E-state index in [0.29, 0.717) is 5.56 Å². The first-order valence-corrected chi connectivity index (χ1v) is 8.23. The lowest BCUT2D eigenvalue weighted by Gasteiger charge is -2.08. The number of aromatic nitrogens is 2. The van der Waals surface area contributed by atoms with Gasteiger partial charge in [-0.05, 0) is 17.7 Å². The molecule has 0 N–H and O–H groups in total. The molecule has 0 unspecified atom stereocenters. The Morgan fingerprint density at radius 2 is 1.80 bits per heavy atom. The minimum atomic E-state index is -3.30. The van der Waals surface area contributed by atoms with Crippen molar-refractivity contribution in [1.82, 2.24) is 9.97 Å². The largest absolute Gasteiger partial charge is 0.229 e. The number of nitrogens with zero attached hydrogens (tertiary/aromatic N) is 2. The molecule has 2 aromatic rings. The second-order valence-corrected chi connectivity index (χ2v) is 7.03. The van der Waals surface area contributed by atoms with E-state index in [-0.39, 0.29) is 27.4 Å². The van der Waals surface area contributed by atoms with Gasteiger partial charge >= 0.3 is 0 Å². The molecule has 0 aliphatic carbocycles. The normalized spacial score (nSPS) is 11.6. The highest BCUT2D eigenvalue weighted by Gasteiger charge is 2.16. The van der Waals surface area contributed by atoms with E-state index in [1.807, 2.05) is 0 Å². The smallest absolute Gasteiger partial charge is 0.154 e. The molecule has 0 atom stereocenters. The molecule has 1 aromatic heterocycles. The molecule has 0 saturated heterocycles. The fraction of sp³-hybridized carbons (Fsp3) is 0.167. The van der Waals surface area contributed by atoms with Gasteiger partial charge in [-0.15, -0.1) is 0 Å². The minimum absolute atomic E-state index is 0.00246. The summed E-state index contributed by atoms with van der Waals surface area (Å²) in [6, 6.07) is 5.63. The van der Waals surface area contributed by atoms with Gasteiger partial charge in [0.15, 0.2) is 9.84 Å². The van der Waals surface area contributed by atoms with Gasteiger partial charge in [0.1, 0.15) is 27.7 Å². The van der Waals surface area contributed by atoms with Crippen LogP contribution in [0.4, 0.5) is 4.39 Å². The lowest BCUT2D eigenvalue weighted by molar-refractivity contribution is 0.599. The van der Waals surface area contributed by atoms with Gasteiger partial charge in [0, 0.05) is 6.26 Å². The maximum atomic E-state index is 13.2. The summed E-state index contributed by atoms with van der Waals surface area (Å²) in [5.41, 5.74) is 0.691. The van der Waals surface area contributed by atoms with E-state index in [2.05, 4.69) is 9.97 Å². The summed E-state index contributed by atoms with van der Waals surface area (Å²) in [6.45, 7) is 0. The highest BCUT2D eigenvalue weighted by molar-refractivity contribution is 7.89. The zero-order chi connectivity index (χ0) is 14.9. The van der Waals surface area contributed by atoms with Gasteiger partial charge in [-0.1, -0.05) is 35.3 Å². The summed E-state index contributed by atoms with van der Waals surface area (Å²) in [4.78, 5) is 7.79. The average molecular weight is 335 g/mol. The SMILES string of the molecule is CS(=O)(=O)Cc1nc(Cl)c(-c2cccc(F)c2)c(Cl)n1. The lowest BCUT2D eigenvalue weighted by Crippen LogP contribution is -2.06. The zero-order valence-electron chi connectivity index (χ0n) is 10.3. The van der Waals surface area contributed by atoms with E-state index in [1.165, 1.54) is 18.2 Å². The fourth-order valence-electron chi connectivity index (χ4n) is 1.63. The van der Waals surface area contributed by atoms with Gasteiger partial charge in [0.05, 0.1) is 5.56 Å². The van der Waals surface area contributed by atoms with Gasteiger partial charge in [-0.3, -0.25) is 0 Å². The monoisotopic (exact) mass is 334 g/mol. The summed E-state index contributed by atoms with van der Waals surface area (Å²) >= 11 is 12.0. The fourth-order valence-corrected chi connectivity index (χ4v) is 2.87. The summed E-state index contributed by atoms with van der Waals surface area (Å²) in [5.74, 6) is -0.812. The first-order chi connectivity index (χ1) is 9.26. The Hall–Kier alpha value is -1.24. The highest BCUT2D eigenvalue weighted by atomic mass is 35.5. The standard InChI is InChI=1S/C12H9Cl2FN2O2S/c1-20(18,19)6-9-16-11(13)10(12(14)17-9)7-3-2-4-8(15)5-7/h2-5H,6H2,1H3. The van der Waals surface area contributed by atoms with Crippen LogP contribution in [-0.2, 0) is 15.6 Å². The van der Waals surface area contributed by atoms with Crippen LogP contribution in [0.15, 0.2) is 24.3 Å². The predicted octanol–water partition coefficient (Wildman–Crippen LogP) is 3.13. The third kappa shape index (κ3) is 3.65. The van der Waals surface area contributed by atoms with Crippen molar-refractivity contribution < 1.29 is 12.8 Å². The van der Waals surface area contributed by atoms with E-state index in [1.54, 1.807) is 6.07 Å². The van der Waals surface area contributed by atoms with E-state index in [4.69, 9.17) is 23.2 Å². The molecule has 106 valence electrons. The third-order valence-electron chi connectivity index (χ3n) is 2.37. The van der Waals surface area contributed by atoms with Crippen LogP contribution in [-0.4, -0.2) is 24.6 Å². The van der Waals surface area contributed by atoms with E-state index >= 15 is 0 Å². The molecule has 0 aliphatic heterocycles. The number of halogens is 3. The van der Waals surface area contributed by atoms with Crippen LogP contribution in [0.25, 0.3) is 11.1 Å². The predicted molar refractivity (Wildman–Crippen MR) is 76.0 cm³/mol. The van der Waals surface area contributed by atoms with Gasteiger partial charge in [0.2, 0.25) is 0 Å². The molecular formula is C12H9Cl2FN2O2S. The molecule has 0 spiro atoms. The van der Waals surface area contributed by atoms with Crippen molar-refractivity contribution in [2.45, 2.75) is 5.75 Å². The first-order valence-electron chi connectivity index (χ1n) is 5.42. The summed E-state index contributed by atoms with van der Waals surface area (Å²) in [7, 11) is -3.30. The molecule has 20 heavy (non-hydrogen) atoms. The summed E-state index contributed by atoms with van der Waals surface area (Å²) in [5, 5.41) is -0.0384. The molecule has 0 radical (unpaired) electrons. The third-order valence-corrected chi connectivity index (χ3v) is 3.70.